The lowest BCUT2D eigenvalue weighted by Gasteiger charge is -2.28. The van der Waals surface area contributed by atoms with Crippen LogP contribution in [0.1, 0.15) is 78.3 Å². The van der Waals surface area contributed by atoms with Gasteiger partial charge in [0.05, 0.1) is 25.4 Å². The molecule has 1 N–H and O–H groups in total. The molecule has 3 fully saturated rings. The van der Waals surface area contributed by atoms with Crippen molar-refractivity contribution in [3.63, 3.8) is 0 Å². The van der Waals surface area contributed by atoms with Gasteiger partial charge >= 0.3 is 0 Å². The summed E-state index contributed by atoms with van der Waals surface area (Å²) in [5, 5.41) is 13.3. The van der Waals surface area contributed by atoms with Crippen LogP contribution in [0.4, 0.5) is 14.6 Å². The Morgan fingerprint density at radius 3 is 2.50 bits per heavy atom. The second-order valence-corrected chi connectivity index (χ2v) is 18.9. The van der Waals surface area contributed by atoms with Gasteiger partial charge in [0, 0.05) is 24.1 Å². The Balaban J connectivity index is 1.23. The molecule has 46 heavy (non-hydrogen) atoms. The minimum atomic E-state index is -1.70. The van der Waals surface area contributed by atoms with Crippen LogP contribution >= 0.6 is 11.8 Å². The van der Waals surface area contributed by atoms with E-state index in [1.54, 1.807) is 17.8 Å². The Hall–Kier alpha value is -2.23. The molecule has 3 aliphatic rings. The van der Waals surface area contributed by atoms with Crippen molar-refractivity contribution in [1.29, 1.82) is 0 Å². The van der Waals surface area contributed by atoms with Crippen molar-refractivity contribution in [2.24, 2.45) is 0 Å². The zero-order valence-corrected chi connectivity index (χ0v) is 29.4. The van der Waals surface area contributed by atoms with Gasteiger partial charge in [-0.15, -0.1) is 5.10 Å². The van der Waals surface area contributed by atoms with Crippen molar-refractivity contribution in [3.8, 4) is 0 Å². The fourth-order valence-corrected chi connectivity index (χ4v) is 10.2. The summed E-state index contributed by atoms with van der Waals surface area (Å²) in [5.41, 5.74) is 1.93. The maximum absolute atomic E-state index is 13.9. The Bertz CT molecular complexity index is 1520. The number of nitrogens with zero attached hydrogens (tertiary/aromatic N) is 5. The molecule has 1 aliphatic heterocycles. The zero-order valence-electron chi connectivity index (χ0n) is 27.6. The van der Waals surface area contributed by atoms with Gasteiger partial charge in [-0.25, -0.2) is 23.4 Å². The minimum Gasteiger partial charge on any atom is -0.414 e. The molecule has 0 amide bonds. The molecule has 6 atom stereocenters. The summed E-state index contributed by atoms with van der Waals surface area (Å²) in [6.07, 6.45) is 1.63. The lowest BCUT2D eigenvalue weighted by molar-refractivity contribution is -0.170. The summed E-state index contributed by atoms with van der Waals surface area (Å²) >= 11 is 1.58. The second-order valence-electron chi connectivity index (χ2n) is 13.0. The van der Waals surface area contributed by atoms with Crippen LogP contribution in [0, 0.1) is 11.6 Å². The van der Waals surface area contributed by atoms with Crippen LogP contribution < -0.4 is 5.32 Å². The summed E-state index contributed by atoms with van der Waals surface area (Å²) in [7, 11) is -1.70. The molecule has 0 spiro atoms. The van der Waals surface area contributed by atoms with E-state index in [1.165, 1.54) is 12.1 Å². The summed E-state index contributed by atoms with van der Waals surface area (Å²) < 4.78 is 55.0. The number of nitrogens with one attached hydrogen (secondary N) is 1. The van der Waals surface area contributed by atoms with E-state index in [0.717, 1.165) is 42.3 Å². The van der Waals surface area contributed by atoms with E-state index in [4.69, 9.17) is 28.6 Å². The van der Waals surface area contributed by atoms with Gasteiger partial charge in [0.25, 0.3) is 0 Å². The predicted molar refractivity (Wildman–Crippen MR) is 176 cm³/mol. The van der Waals surface area contributed by atoms with Crippen molar-refractivity contribution in [3.05, 3.63) is 35.4 Å². The number of aromatic nitrogens is 5. The molecule has 3 aromatic rings. The van der Waals surface area contributed by atoms with Crippen LogP contribution in [0.3, 0.4) is 0 Å². The second kappa shape index (κ2) is 13.7. The molecule has 14 heteroatoms. The highest BCUT2D eigenvalue weighted by Gasteiger charge is 2.56. The van der Waals surface area contributed by atoms with Gasteiger partial charge in [-0.1, -0.05) is 50.7 Å². The van der Waals surface area contributed by atoms with Crippen molar-refractivity contribution in [1.82, 2.24) is 25.0 Å². The van der Waals surface area contributed by atoms with Gasteiger partial charge in [-0.2, -0.15) is 0 Å². The molecule has 2 aliphatic carbocycles. The number of thioether (sulfide) groups is 1. The molecule has 1 saturated heterocycles. The molecular formula is C32H46F2N6O4SSi. The lowest BCUT2D eigenvalue weighted by Crippen LogP contribution is -2.38. The standard InChI is InChI=1S/C32H46F2N6O4SSi/c1-7-15-45-31-36-29(35-23-17-20(23)19-11-12-21(33)22(34)16-19)26-30(37-31)40(39-38-26)24-18-25(28-27(24)43-32(5,6)44-28)41-13-14-42-46(8-2,9-3)10-4/h11-12,16,20,23-25,27-28H,7-10,13-15,17-18H2,1-6H3,(H,35,36,37)/t20-,23+,24+,25-,27-,28+/m0/s1. The Labute approximate surface area is 274 Å². The fraction of sp³-hybridized carbons (Fsp3) is 0.688. The smallest absolute Gasteiger partial charge is 0.192 e. The number of hydrogen-bond acceptors (Lipinski definition) is 10. The van der Waals surface area contributed by atoms with E-state index >= 15 is 0 Å². The number of hydrogen-bond donors (Lipinski definition) is 1. The molecular weight excluding hydrogens is 631 g/mol. The first-order chi connectivity index (χ1) is 22.1. The summed E-state index contributed by atoms with van der Waals surface area (Å²) in [6, 6.07) is 7.20. The highest BCUT2D eigenvalue weighted by atomic mass is 32.2. The molecule has 1 aromatic carbocycles. The van der Waals surface area contributed by atoms with Crippen LogP contribution in [0.2, 0.25) is 18.1 Å². The van der Waals surface area contributed by atoms with Gasteiger partial charge in [-0.3, -0.25) is 0 Å². The van der Waals surface area contributed by atoms with Crippen molar-refractivity contribution < 1.29 is 27.4 Å². The third kappa shape index (κ3) is 6.84. The molecule has 252 valence electrons. The number of fused-ring (bicyclic) bond motifs is 2. The Morgan fingerprint density at radius 2 is 1.78 bits per heavy atom. The highest BCUT2D eigenvalue weighted by molar-refractivity contribution is 7.99. The molecule has 0 bridgehead atoms. The van der Waals surface area contributed by atoms with E-state index in [-0.39, 0.29) is 36.3 Å². The first-order valence-electron chi connectivity index (χ1n) is 16.7. The topological polar surface area (TPSA) is 105 Å². The molecule has 0 unspecified atom stereocenters. The van der Waals surface area contributed by atoms with E-state index in [0.29, 0.717) is 41.8 Å². The first kappa shape index (κ1) is 33.7. The summed E-state index contributed by atoms with van der Waals surface area (Å²) in [4.78, 5) is 9.73. The van der Waals surface area contributed by atoms with Crippen LogP contribution in [-0.4, -0.2) is 82.4 Å². The molecule has 6 rings (SSSR count). The highest BCUT2D eigenvalue weighted by Crippen LogP contribution is 2.47. The third-order valence-electron chi connectivity index (χ3n) is 9.68. The predicted octanol–water partition coefficient (Wildman–Crippen LogP) is 6.84. The van der Waals surface area contributed by atoms with E-state index in [1.807, 2.05) is 18.5 Å². The average molecular weight is 677 g/mol. The first-order valence-corrected chi connectivity index (χ1v) is 20.2. The molecule has 0 radical (unpaired) electrons. The van der Waals surface area contributed by atoms with Crippen molar-refractivity contribution in [2.75, 3.05) is 24.3 Å². The van der Waals surface area contributed by atoms with Crippen molar-refractivity contribution >= 4 is 37.1 Å². The van der Waals surface area contributed by atoms with Gasteiger partial charge in [0.1, 0.15) is 12.2 Å². The van der Waals surface area contributed by atoms with Crippen LogP contribution in [0.15, 0.2) is 23.4 Å². The Morgan fingerprint density at radius 1 is 1.02 bits per heavy atom. The van der Waals surface area contributed by atoms with E-state index in [9.17, 15) is 8.78 Å². The van der Waals surface area contributed by atoms with E-state index < -0.39 is 25.7 Å². The van der Waals surface area contributed by atoms with Gasteiger partial charge in [0.2, 0.25) is 0 Å². The van der Waals surface area contributed by atoms with Gasteiger partial charge in [-0.05, 0) is 62.5 Å². The average Bonchev–Trinajstić information content (AvgIpc) is 3.38. The lowest BCUT2D eigenvalue weighted by atomic mass is 10.1. The normalized spacial score (nSPS) is 27.0. The monoisotopic (exact) mass is 676 g/mol. The van der Waals surface area contributed by atoms with Crippen LogP contribution in [0.25, 0.3) is 11.2 Å². The van der Waals surface area contributed by atoms with Crippen molar-refractivity contribution in [2.45, 2.75) is 126 Å². The van der Waals surface area contributed by atoms with Crippen LogP contribution in [0.5, 0.6) is 0 Å². The molecule has 2 saturated carbocycles. The Kier molecular flexibility index (Phi) is 10.0. The quantitative estimate of drug-likeness (QED) is 0.0796. The maximum atomic E-state index is 13.9. The molecule has 2 aromatic heterocycles. The fourth-order valence-electron chi connectivity index (χ4n) is 6.86. The maximum Gasteiger partial charge on any atom is 0.192 e. The zero-order chi connectivity index (χ0) is 32.6. The van der Waals surface area contributed by atoms with Crippen LogP contribution in [-0.2, 0) is 18.6 Å². The largest absolute Gasteiger partial charge is 0.414 e. The number of benzene rings is 1. The molecule has 10 nitrogen and oxygen atoms in total. The number of rotatable bonds is 15. The third-order valence-corrected chi connectivity index (χ3v) is 15.4. The minimum absolute atomic E-state index is 0.00952. The summed E-state index contributed by atoms with van der Waals surface area (Å²) in [6.45, 7) is 13.7. The van der Waals surface area contributed by atoms with Gasteiger partial charge < -0.3 is 24.0 Å². The number of halogens is 2. The SMILES string of the molecule is CCCSc1nc(N[C@@H]2C[C@H]2c2ccc(F)c(F)c2)c2nnn([C@@H]3C[C@H](OCCO[Si](CC)(CC)CC)[C@H]4OC(C)(C)O[C@H]43)c2n1. The molecule has 3 heterocycles. The van der Waals surface area contributed by atoms with E-state index in [2.05, 4.69) is 43.3 Å². The van der Waals surface area contributed by atoms with Gasteiger partial charge in [0.15, 0.2) is 47.9 Å². The number of anilines is 1. The number of ether oxygens (including phenoxy) is 3. The summed E-state index contributed by atoms with van der Waals surface area (Å²) in [5.74, 6) is -0.944.